The lowest BCUT2D eigenvalue weighted by Gasteiger charge is -2.24. The summed E-state index contributed by atoms with van der Waals surface area (Å²) in [6.07, 6.45) is 1.70. The monoisotopic (exact) mass is 358 g/mol. The summed E-state index contributed by atoms with van der Waals surface area (Å²) in [5, 5.41) is 0. The molecule has 1 aliphatic rings. The molecule has 0 saturated carbocycles. The summed E-state index contributed by atoms with van der Waals surface area (Å²) < 4.78 is 5.30. The number of carbonyl (C=O) groups excluding carboxylic acids is 2. The Morgan fingerprint density at radius 3 is 2.38 bits per heavy atom. The maximum Gasteiger partial charge on any atom is 0.320 e. The largest absolute Gasteiger partial charge is 0.459 e. The number of likely N-dealkylation sites (N-methyl/N-ethyl adjacent to an activating group) is 2. The molecule has 1 aromatic rings. The zero-order chi connectivity index (χ0) is 19.7. The van der Waals surface area contributed by atoms with Gasteiger partial charge in [-0.25, -0.2) is 0 Å². The molecule has 1 heterocycles. The lowest BCUT2D eigenvalue weighted by atomic mass is 9.83. The van der Waals surface area contributed by atoms with Crippen molar-refractivity contribution in [2.75, 3.05) is 32.1 Å². The molecule has 0 radical (unpaired) electrons. The molecule has 0 spiro atoms. The zero-order valence-electron chi connectivity index (χ0n) is 16.9. The Morgan fingerprint density at radius 1 is 1.19 bits per heavy atom. The molecule has 5 heteroatoms. The van der Waals surface area contributed by atoms with E-state index in [2.05, 4.69) is 30.9 Å². The van der Waals surface area contributed by atoms with Crippen LogP contribution < -0.4 is 4.90 Å². The van der Waals surface area contributed by atoms with E-state index in [-0.39, 0.29) is 30.3 Å². The van der Waals surface area contributed by atoms with Crippen molar-refractivity contribution in [2.24, 2.45) is 0 Å². The Morgan fingerprint density at radius 2 is 1.81 bits per heavy atom. The van der Waals surface area contributed by atoms with Crippen LogP contribution in [0.1, 0.15) is 40.2 Å². The summed E-state index contributed by atoms with van der Waals surface area (Å²) in [5.74, 6) is -0.357. The van der Waals surface area contributed by atoms with Crippen LogP contribution >= 0.6 is 0 Å². The molecule has 0 aliphatic carbocycles. The number of benzene rings is 1. The van der Waals surface area contributed by atoms with E-state index in [0.717, 1.165) is 11.4 Å². The second kappa shape index (κ2) is 7.23. The molecule has 0 unspecified atom stereocenters. The first-order chi connectivity index (χ1) is 11.9. The molecule has 142 valence electrons. The quantitative estimate of drug-likeness (QED) is 0.598. The number of hydrogen-bond acceptors (Lipinski definition) is 5. The third-order valence-electron chi connectivity index (χ3n) is 4.48. The molecular weight excluding hydrogens is 328 g/mol. The Balaban J connectivity index is 2.06. The van der Waals surface area contributed by atoms with Gasteiger partial charge in [-0.2, -0.15) is 0 Å². The fourth-order valence-electron chi connectivity index (χ4n) is 3.37. The van der Waals surface area contributed by atoms with Crippen LogP contribution in [0.2, 0.25) is 0 Å². The van der Waals surface area contributed by atoms with Crippen molar-refractivity contribution in [1.82, 2.24) is 4.90 Å². The van der Waals surface area contributed by atoms with E-state index < -0.39 is 5.60 Å². The Bertz CT molecular complexity index is 729. The van der Waals surface area contributed by atoms with E-state index in [4.69, 9.17) is 4.74 Å². The lowest BCUT2D eigenvalue weighted by molar-refractivity contribution is -0.155. The van der Waals surface area contributed by atoms with Gasteiger partial charge in [0.25, 0.3) is 0 Å². The van der Waals surface area contributed by atoms with E-state index in [1.807, 2.05) is 40.0 Å². The van der Waals surface area contributed by atoms with Gasteiger partial charge in [0.15, 0.2) is 5.78 Å². The van der Waals surface area contributed by atoms with Gasteiger partial charge in [0, 0.05) is 29.9 Å². The molecule has 0 bridgehead atoms. The van der Waals surface area contributed by atoms with Gasteiger partial charge >= 0.3 is 5.97 Å². The highest BCUT2D eigenvalue weighted by Crippen LogP contribution is 2.46. The van der Waals surface area contributed by atoms with Crippen molar-refractivity contribution in [3.05, 3.63) is 41.6 Å². The lowest BCUT2D eigenvalue weighted by Crippen LogP contribution is -2.35. The Hall–Kier alpha value is -2.14. The van der Waals surface area contributed by atoms with E-state index in [1.165, 1.54) is 5.56 Å². The normalized spacial score (nSPS) is 17.5. The number of carbonyl (C=O) groups is 2. The predicted octanol–water partition coefficient (Wildman–Crippen LogP) is 3.14. The minimum absolute atomic E-state index is 0.0289. The number of anilines is 1. The van der Waals surface area contributed by atoms with Gasteiger partial charge in [0.2, 0.25) is 0 Å². The molecule has 1 aromatic carbocycles. The summed E-state index contributed by atoms with van der Waals surface area (Å²) in [6.45, 7) is 9.99. The second-order valence-electron chi connectivity index (χ2n) is 8.46. The standard InChI is InChI=1S/C21H30N2O3/c1-20(2,3)26-19(25)14-22(6)13-15(24)12-18-21(4,5)16-10-8-9-11-17(16)23(18)7/h8-12H,13-14H2,1-7H3. The molecule has 2 rings (SSSR count). The van der Waals surface area contributed by atoms with E-state index in [1.54, 1.807) is 18.0 Å². The molecule has 0 atom stereocenters. The van der Waals surface area contributed by atoms with E-state index in [9.17, 15) is 9.59 Å². The van der Waals surface area contributed by atoms with Gasteiger partial charge in [0.05, 0.1) is 13.1 Å². The van der Waals surface area contributed by atoms with Crippen LogP contribution in [0.3, 0.4) is 0 Å². The first-order valence-corrected chi connectivity index (χ1v) is 8.90. The van der Waals surface area contributed by atoms with E-state index >= 15 is 0 Å². The van der Waals surface area contributed by atoms with E-state index in [0.29, 0.717) is 0 Å². The van der Waals surface area contributed by atoms with Gasteiger partial charge in [-0.05, 0) is 39.4 Å². The number of esters is 1. The number of nitrogens with zero attached hydrogens (tertiary/aromatic N) is 2. The molecule has 1 aliphatic heterocycles. The maximum absolute atomic E-state index is 12.6. The number of fused-ring (bicyclic) bond motifs is 1. The Kier molecular flexibility index (Phi) is 5.61. The average molecular weight is 358 g/mol. The molecule has 0 saturated heterocycles. The predicted molar refractivity (Wildman–Crippen MR) is 104 cm³/mol. The van der Waals surface area contributed by atoms with Crippen LogP contribution in [0.15, 0.2) is 36.0 Å². The summed E-state index contributed by atoms with van der Waals surface area (Å²) in [6, 6.07) is 8.20. The number of rotatable bonds is 5. The third-order valence-corrected chi connectivity index (χ3v) is 4.48. The minimum Gasteiger partial charge on any atom is -0.459 e. The summed E-state index contributed by atoms with van der Waals surface area (Å²) in [4.78, 5) is 28.2. The zero-order valence-corrected chi connectivity index (χ0v) is 16.9. The molecule has 0 fully saturated rings. The number of ketones is 1. The highest BCUT2D eigenvalue weighted by Gasteiger charge is 2.38. The van der Waals surface area contributed by atoms with Crippen LogP contribution in [-0.2, 0) is 19.7 Å². The molecule has 0 amide bonds. The highest BCUT2D eigenvalue weighted by atomic mass is 16.6. The Labute approximate surface area is 156 Å². The van der Waals surface area contributed by atoms with Crippen LogP contribution in [-0.4, -0.2) is 49.4 Å². The van der Waals surface area contributed by atoms with Gasteiger partial charge in [0.1, 0.15) is 5.60 Å². The highest BCUT2D eigenvalue weighted by molar-refractivity contribution is 5.94. The smallest absolute Gasteiger partial charge is 0.320 e. The molecule has 26 heavy (non-hydrogen) atoms. The molecular formula is C21H30N2O3. The van der Waals surface area contributed by atoms with Crippen molar-refractivity contribution in [2.45, 2.75) is 45.6 Å². The summed E-state index contributed by atoms with van der Waals surface area (Å²) >= 11 is 0. The summed E-state index contributed by atoms with van der Waals surface area (Å²) in [5.41, 5.74) is 2.55. The first-order valence-electron chi connectivity index (χ1n) is 8.90. The van der Waals surface area contributed by atoms with Crippen molar-refractivity contribution in [3.63, 3.8) is 0 Å². The number of ether oxygens (including phenoxy) is 1. The SMILES string of the molecule is CN(CC(=O)C=C1N(C)c2ccccc2C1(C)C)CC(=O)OC(C)(C)C. The number of allylic oxidation sites excluding steroid dienone is 1. The average Bonchev–Trinajstić information content (AvgIpc) is 2.66. The summed E-state index contributed by atoms with van der Waals surface area (Å²) in [7, 11) is 3.73. The third kappa shape index (κ3) is 4.52. The van der Waals surface area contributed by atoms with Crippen molar-refractivity contribution < 1.29 is 14.3 Å². The minimum atomic E-state index is -0.522. The van der Waals surface area contributed by atoms with Crippen LogP contribution in [0.25, 0.3) is 0 Å². The fraction of sp³-hybridized carbons (Fsp3) is 0.524. The van der Waals surface area contributed by atoms with Crippen molar-refractivity contribution >= 4 is 17.4 Å². The van der Waals surface area contributed by atoms with Gasteiger partial charge < -0.3 is 9.64 Å². The second-order valence-corrected chi connectivity index (χ2v) is 8.46. The van der Waals surface area contributed by atoms with Gasteiger partial charge in [-0.15, -0.1) is 0 Å². The molecule has 0 aromatic heterocycles. The number of hydrogen-bond donors (Lipinski definition) is 0. The molecule has 5 nitrogen and oxygen atoms in total. The van der Waals surface area contributed by atoms with Crippen molar-refractivity contribution in [1.29, 1.82) is 0 Å². The van der Waals surface area contributed by atoms with Crippen LogP contribution in [0.4, 0.5) is 5.69 Å². The van der Waals surface area contributed by atoms with Gasteiger partial charge in [-0.3, -0.25) is 14.5 Å². The number of para-hydroxylation sites is 1. The van der Waals surface area contributed by atoms with Crippen molar-refractivity contribution in [3.8, 4) is 0 Å². The topological polar surface area (TPSA) is 49.9 Å². The maximum atomic E-state index is 12.6. The first kappa shape index (κ1) is 20.2. The molecule has 0 N–H and O–H groups in total. The van der Waals surface area contributed by atoms with Crippen LogP contribution in [0.5, 0.6) is 0 Å². The fourth-order valence-corrected chi connectivity index (χ4v) is 3.37. The van der Waals surface area contributed by atoms with Gasteiger partial charge in [-0.1, -0.05) is 32.0 Å². The van der Waals surface area contributed by atoms with Crippen LogP contribution in [0, 0.1) is 0 Å².